The fourth-order valence-electron chi connectivity index (χ4n) is 16.5. The number of hydrogen-bond donors (Lipinski definition) is 0. The third kappa shape index (κ3) is 5.47. The summed E-state index contributed by atoms with van der Waals surface area (Å²) in [7, 11) is 0. The van der Waals surface area contributed by atoms with Crippen molar-refractivity contribution in [2.24, 2.45) is 0 Å². The molecule has 84 heavy (non-hydrogen) atoms. The normalized spacial score (nSPS) is 14.1. The lowest BCUT2D eigenvalue weighted by molar-refractivity contribution is 0.446. The molecular weight excluding hydrogens is 1040 g/mol. The van der Waals surface area contributed by atoms with Gasteiger partial charge >= 0.3 is 0 Å². The van der Waals surface area contributed by atoms with E-state index in [-0.39, 0.29) is 0 Å². The van der Waals surface area contributed by atoms with Gasteiger partial charge in [-0.05, 0) is 84.5 Å². The first kappa shape index (κ1) is 44.5. The van der Waals surface area contributed by atoms with Crippen LogP contribution < -0.4 is 0 Å². The smallest absolute Gasteiger partial charge is 0.146 e. The van der Waals surface area contributed by atoms with Gasteiger partial charge in [0.25, 0.3) is 0 Å². The molecule has 5 nitrogen and oxygen atoms in total. The molecule has 8 aromatic heterocycles. The summed E-state index contributed by atoms with van der Waals surface area (Å²) in [4.78, 5) is 0. The van der Waals surface area contributed by atoms with Crippen LogP contribution in [0.3, 0.4) is 0 Å². The molecule has 0 spiro atoms. The number of furan rings is 2. The number of rotatable bonds is 4. The van der Waals surface area contributed by atoms with Crippen molar-refractivity contribution >= 4 is 173 Å². The number of nitrogens with zero attached hydrogens (tertiary/aromatic N) is 3. The van der Waals surface area contributed by atoms with Gasteiger partial charge in [0.2, 0.25) is 0 Å². The fourth-order valence-corrected chi connectivity index (χ4v) is 17.8. The van der Waals surface area contributed by atoms with E-state index >= 15 is 0 Å². The van der Waals surface area contributed by atoms with Gasteiger partial charge in [-0.3, -0.25) is 0 Å². The second-order valence-corrected chi connectivity index (χ2v) is 25.0. The molecule has 0 amide bonds. The zero-order valence-electron chi connectivity index (χ0n) is 45.5. The van der Waals surface area contributed by atoms with E-state index in [1.165, 1.54) is 140 Å². The van der Waals surface area contributed by atoms with Crippen molar-refractivity contribution in [3.8, 4) is 27.9 Å². The second kappa shape index (κ2) is 15.9. The molecule has 0 bridgehead atoms. The van der Waals surface area contributed by atoms with Crippen LogP contribution in [-0.2, 0) is 0 Å². The van der Waals surface area contributed by atoms with Crippen LogP contribution in [0.4, 0.5) is 0 Å². The summed E-state index contributed by atoms with van der Waals surface area (Å²) in [6.45, 7) is 0. The van der Waals surface area contributed by atoms with Crippen molar-refractivity contribution in [2.75, 3.05) is 0 Å². The van der Waals surface area contributed by atoms with E-state index < -0.39 is 0 Å². The molecule has 0 atom stereocenters. The Hall–Kier alpha value is -10.1. The van der Waals surface area contributed by atoms with Gasteiger partial charge in [-0.15, -0.1) is 11.3 Å². The largest absolute Gasteiger partial charge is 0.455 e. The average molecular weight is 1090 g/mol. The van der Waals surface area contributed by atoms with Gasteiger partial charge in [0, 0.05) is 113 Å². The average Bonchev–Trinajstić information content (AvgIpc) is 2.12. The quantitative estimate of drug-likeness (QED) is 0.176. The van der Waals surface area contributed by atoms with E-state index in [4.69, 9.17) is 8.83 Å². The zero-order chi connectivity index (χ0) is 54.2. The number of para-hydroxylation sites is 8. The van der Waals surface area contributed by atoms with Crippen molar-refractivity contribution in [1.82, 2.24) is 13.4 Å². The van der Waals surface area contributed by atoms with Crippen LogP contribution in [0.15, 0.2) is 227 Å². The van der Waals surface area contributed by atoms with Crippen molar-refractivity contribution in [1.29, 1.82) is 0 Å². The molecule has 21 rings (SSSR count). The van der Waals surface area contributed by atoms with Crippen molar-refractivity contribution in [2.45, 2.75) is 38.0 Å². The van der Waals surface area contributed by atoms with Crippen LogP contribution in [0.5, 0.6) is 0 Å². The Kier molecular flexibility index (Phi) is 8.42. The van der Waals surface area contributed by atoms with E-state index in [0.717, 1.165) is 88.1 Å². The predicted octanol–water partition coefficient (Wildman–Crippen LogP) is 22.6. The Bertz CT molecular complexity index is 6290. The summed E-state index contributed by atoms with van der Waals surface area (Å²) in [5.74, 6) is 0.600. The third-order valence-electron chi connectivity index (χ3n) is 19.9. The minimum atomic E-state index is 0.600. The summed E-state index contributed by atoms with van der Waals surface area (Å²) in [6, 6.07) is 82.0. The van der Waals surface area contributed by atoms with Gasteiger partial charge in [0.1, 0.15) is 22.3 Å². The molecule has 12 aromatic carbocycles. The van der Waals surface area contributed by atoms with Gasteiger partial charge in [0.15, 0.2) is 0 Å². The molecule has 1 aliphatic rings. The third-order valence-corrected chi connectivity index (χ3v) is 21.1. The number of thiophene rings is 1. The SMILES string of the molecule is c1ccc2c(c1)oc1c2c(-c2cccc3c4cccc5c6ccccc6n(c23)c54)cc2c1c1c3c(oc4ccccc43)c(-c3cccc4c5cccc6c7ccccc7n(c34)c65)cc1n2-c1ccc2sc3c(C4CCCCC4)cccc3c2c1. The molecule has 8 heterocycles. The Labute approximate surface area is 482 Å². The lowest BCUT2D eigenvalue weighted by Crippen LogP contribution is -2.04. The lowest BCUT2D eigenvalue weighted by atomic mass is 9.84. The first-order valence-corrected chi connectivity index (χ1v) is 30.6. The number of fused-ring (bicyclic) bond motifs is 26. The maximum absolute atomic E-state index is 7.53. The molecule has 0 saturated heterocycles. The first-order valence-electron chi connectivity index (χ1n) is 29.8. The maximum Gasteiger partial charge on any atom is 0.146 e. The highest BCUT2D eigenvalue weighted by molar-refractivity contribution is 7.26. The zero-order valence-corrected chi connectivity index (χ0v) is 46.3. The van der Waals surface area contributed by atoms with Gasteiger partial charge in [-0.25, -0.2) is 0 Å². The van der Waals surface area contributed by atoms with Crippen LogP contribution in [0.2, 0.25) is 0 Å². The van der Waals surface area contributed by atoms with Crippen LogP contribution in [0, 0.1) is 0 Å². The number of benzene rings is 12. The first-order chi connectivity index (χ1) is 41.7. The highest BCUT2D eigenvalue weighted by atomic mass is 32.1. The molecule has 0 N–H and O–H groups in total. The summed E-state index contributed by atoms with van der Waals surface area (Å²) >= 11 is 1.97. The van der Waals surface area contributed by atoms with E-state index in [1.54, 1.807) is 0 Å². The van der Waals surface area contributed by atoms with E-state index in [1.807, 2.05) is 11.3 Å². The van der Waals surface area contributed by atoms with Crippen LogP contribution in [0.1, 0.15) is 43.6 Å². The Morgan fingerprint density at radius 3 is 1.50 bits per heavy atom. The van der Waals surface area contributed by atoms with Crippen LogP contribution in [-0.4, -0.2) is 13.4 Å². The molecule has 1 aliphatic carbocycles. The Morgan fingerprint density at radius 2 is 0.833 bits per heavy atom. The minimum Gasteiger partial charge on any atom is -0.455 e. The maximum atomic E-state index is 7.53. The van der Waals surface area contributed by atoms with Crippen molar-refractivity contribution in [3.05, 3.63) is 224 Å². The summed E-state index contributed by atoms with van der Waals surface area (Å²) in [5.41, 5.74) is 20.1. The summed E-state index contributed by atoms with van der Waals surface area (Å²) in [5, 5.41) is 19.2. The molecular formula is C78H47N3O2S. The van der Waals surface area contributed by atoms with E-state index in [2.05, 4.69) is 232 Å². The molecule has 1 saturated carbocycles. The highest BCUT2D eigenvalue weighted by Crippen LogP contribution is 2.54. The van der Waals surface area contributed by atoms with Crippen LogP contribution >= 0.6 is 11.3 Å². The number of aromatic nitrogens is 3. The predicted molar refractivity (Wildman–Crippen MR) is 354 cm³/mol. The molecule has 1 fully saturated rings. The molecule has 6 heteroatoms. The van der Waals surface area contributed by atoms with Gasteiger partial charge in [0.05, 0.1) is 49.5 Å². The van der Waals surface area contributed by atoms with Gasteiger partial charge in [-0.1, -0.05) is 183 Å². The molecule has 0 aliphatic heterocycles. The monoisotopic (exact) mass is 1090 g/mol. The molecule has 0 unspecified atom stereocenters. The van der Waals surface area contributed by atoms with Crippen molar-refractivity contribution in [3.63, 3.8) is 0 Å². The topological polar surface area (TPSA) is 40.0 Å². The second-order valence-electron chi connectivity index (χ2n) is 23.9. The van der Waals surface area contributed by atoms with E-state index in [9.17, 15) is 0 Å². The fraction of sp³-hybridized carbons (Fsp3) is 0.0769. The molecule has 392 valence electrons. The summed E-state index contributed by atoms with van der Waals surface area (Å²) in [6.07, 6.45) is 6.49. The molecule has 20 aromatic rings. The minimum absolute atomic E-state index is 0.600. The standard InChI is InChI=1S/C78H47N3O2S/c1-2-17-42(18-3-1)44-23-12-32-55-58-39-43(37-38-67(58)84-78(44)55)79-63-41-60(54-31-16-29-52-50-27-14-25-48-46-20-5-9-34-62(46)81(73(48)50)75(52)54)76-69(57-22-7-11-36-66(57)82-76)70(63)71-64(79)40-59(68-56-21-6-10-35-65(56)83-77(68)71)53-30-15-28-51-49-26-13-24-47-45-19-4-8-33-61(45)80(72(47)49)74(51)53/h4-16,19-42H,1-3,17-18H2. The van der Waals surface area contributed by atoms with Gasteiger partial charge in [-0.2, -0.15) is 0 Å². The number of hydrogen-bond acceptors (Lipinski definition) is 3. The highest BCUT2D eigenvalue weighted by Gasteiger charge is 2.31. The summed E-state index contributed by atoms with van der Waals surface area (Å²) < 4.78 is 25.3. The Balaban J connectivity index is 0.967. The lowest BCUT2D eigenvalue weighted by Gasteiger charge is -2.22. The molecule has 0 radical (unpaired) electrons. The van der Waals surface area contributed by atoms with Crippen LogP contribution in [0.25, 0.3) is 190 Å². The Morgan fingerprint density at radius 1 is 0.333 bits per heavy atom. The van der Waals surface area contributed by atoms with E-state index in [0.29, 0.717) is 5.92 Å². The van der Waals surface area contributed by atoms with Gasteiger partial charge < -0.3 is 22.2 Å². The van der Waals surface area contributed by atoms with Crippen molar-refractivity contribution < 1.29 is 8.83 Å².